The van der Waals surface area contributed by atoms with Crippen LogP contribution in [-0.2, 0) is 11.3 Å². The van der Waals surface area contributed by atoms with Crippen molar-refractivity contribution in [3.63, 3.8) is 0 Å². The number of ether oxygens (including phenoxy) is 1. The van der Waals surface area contributed by atoms with Gasteiger partial charge in [0.25, 0.3) is 0 Å². The smallest absolute Gasteiger partial charge is 0.316 e. The summed E-state index contributed by atoms with van der Waals surface area (Å²) < 4.78 is 8.98. The molecule has 1 heterocycles. The second kappa shape index (κ2) is 2.42. The van der Waals surface area contributed by atoms with Crippen LogP contribution in [0.25, 0.3) is 0 Å². The van der Waals surface area contributed by atoms with Crippen molar-refractivity contribution in [3.8, 4) is 0 Å². The molecule has 4 heteroatoms. The maximum absolute atomic E-state index is 4.68. The van der Waals surface area contributed by atoms with Crippen molar-refractivity contribution in [1.82, 2.24) is 10.1 Å². The highest BCUT2D eigenvalue weighted by Crippen LogP contribution is 1.87. The first-order valence-electron chi connectivity index (χ1n) is 2.11. The van der Waals surface area contributed by atoms with Gasteiger partial charge in [-0.25, -0.2) is 0 Å². The third-order valence-corrected chi connectivity index (χ3v) is 0.640. The molecular weight excluding hydrogens is 108 g/mol. The molecule has 1 aromatic rings. The van der Waals surface area contributed by atoms with Crippen molar-refractivity contribution >= 4 is 0 Å². The highest BCUT2D eigenvalue weighted by atomic mass is 16.5. The summed E-state index contributed by atoms with van der Waals surface area (Å²) in [5, 5.41) is 3.44. The zero-order valence-corrected chi connectivity index (χ0v) is 4.42. The van der Waals surface area contributed by atoms with Crippen LogP contribution in [0.4, 0.5) is 0 Å². The molecule has 0 aliphatic rings. The second-order valence-electron chi connectivity index (χ2n) is 1.23. The monoisotopic (exact) mass is 113 g/mol. The summed E-state index contributed by atoms with van der Waals surface area (Å²) in [6.07, 6.45) is 2.20. The van der Waals surface area contributed by atoms with Crippen LogP contribution in [0.2, 0.25) is 0 Å². The minimum absolute atomic E-state index is 0.382. The molecule has 0 N–H and O–H groups in total. The van der Waals surface area contributed by atoms with E-state index in [0.29, 0.717) is 12.4 Å². The maximum Gasteiger partial charge on any atom is 0.316 e. The number of hydrogen-bond acceptors (Lipinski definition) is 4. The summed E-state index contributed by atoms with van der Waals surface area (Å²) in [6.45, 7) is 0.382. The molecule has 0 atom stereocenters. The van der Waals surface area contributed by atoms with Crippen molar-refractivity contribution in [2.75, 3.05) is 7.11 Å². The second-order valence-corrected chi connectivity index (χ2v) is 1.23. The molecule has 0 aliphatic heterocycles. The standard InChI is InChI=1S/C4H5N2O2/c1-7-2-4-5-3-8-6-4/h2H2,1H3. The van der Waals surface area contributed by atoms with Gasteiger partial charge < -0.3 is 9.26 Å². The average molecular weight is 113 g/mol. The summed E-state index contributed by atoms with van der Waals surface area (Å²) in [4.78, 5) is 3.58. The predicted octanol–water partition coefficient (Wildman–Crippen LogP) is 0.0162. The van der Waals surface area contributed by atoms with E-state index in [9.17, 15) is 0 Å². The van der Waals surface area contributed by atoms with E-state index in [1.54, 1.807) is 7.11 Å². The number of nitrogens with zero attached hydrogens (tertiary/aromatic N) is 2. The van der Waals surface area contributed by atoms with Crippen molar-refractivity contribution in [3.05, 3.63) is 12.2 Å². The zero-order chi connectivity index (χ0) is 5.82. The first kappa shape index (κ1) is 5.24. The minimum Gasteiger partial charge on any atom is -0.377 e. The van der Waals surface area contributed by atoms with Gasteiger partial charge in [0, 0.05) is 7.11 Å². The number of rotatable bonds is 2. The average Bonchev–Trinajstić information content (AvgIpc) is 2.19. The maximum atomic E-state index is 4.68. The van der Waals surface area contributed by atoms with Crippen LogP contribution >= 0.6 is 0 Å². The largest absolute Gasteiger partial charge is 0.377 e. The van der Waals surface area contributed by atoms with Gasteiger partial charge in [-0.1, -0.05) is 5.16 Å². The summed E-state index contributed by atoms with van der Waals surface area (Å²) in [6, 6.07) is 0. The fraction of sp³-hybridized carbons (Fsp3) is 0.500. The summed E-state index contributed by atoms with van der Waals surface area (Å²) >= 11 is 0. The van der Waals surface area contributed by atoms with E-state index in [1.165, 1.54) is 0 Å². The van der Waals surface area contributed by atoms with Crippen molar-refractivity contribution < 1.29 is 9.26 Å². The van der Waals surface area contributed by atoms with E-state index in [0.717, 1.165) is 0 Å². The summed E-state index contributed by atoms with van der Waals surface area (Å²) in [5.74, 6) is 0.521. The van der Waals surface area contributed by atoms with Gasteiger partial charge in [0.2, 0.25) is 0 Å². The van der Waals surface area contributed by atoms with E-state index in [4.69, 9.17) is 0 Å². The van der Waals surface area contributed by atoms with Gasteiger partial charge in [0.1, 0.15) is 6.61 Å². The Labute approximate surface area is 46.5 Å². The Morgan fingerprint density at radius 2 is 2.75 bits per heavy atom. The van der Waals surface area contributed by atoms with E-state index in [2.05, 4.69) is 25.8 Å². The van der Waals surface area contributed by atoms with Crippen LogP contribution in [0.1, 0.15) is 5.82 Å². The first-order valence-corrected chi connectivity index (χ1v) is 2.11. The van der Waals surface area contributed by atoms with Gasteiger partial charge in [0.15, 0.2) is 5.82 Å². The molecule has 43 valence electrons. The lowest BCUT2D eigenvalue weighted by atomic mass is 10.7. The molecule has 8 heavy (non-hydrogen) atoms. The summed E-state index contributed by atoms with van der Waals surface area (Å²) in [5.41, 5.74) is 0. The predicted molar refractivity (Wildman–Crippen MR) is 23.8 cm³/mol. The topological polar surface area (TPSA) is 48.2 Å². The van der Waals surface area contributed by atoms with Gasteiger partial charge in [-0.15, -0.1) is 0 Å². The molecule has 1 aromatic heterocycles. The van der Waals surface area contributed by atoms with Crippen molar-refractivity contribution in [2.45, 2.75) is 6.61 Å². The zero-order valence-electron chi connectivity index (χ0n) is 4.42. The third-order valence-electron chi connectivity index (χ3n) is 0.640. The van der Waals surface area contributed by atoms with Gasteiger partial charge in [-0.05, 0) is 0 Å². The van der Waals surface area contributed by atoms with Crippen LogP contribution in [0.5, 0.6) is 0 Å². The number of hydrogen-bond donors (Lipinski definition) is 0. The quantitative estimate of drug-likeness (QED) is 0.542. The highest BCUT2D eigenvalue weighted by molar-refractivity contribution is 4.70. The first-order chi connectivity index (χ1) is 3.93. The highest BCUT2D eigenvalue weighted by Gasteiger charge is 1.93. The Hall–Kier alpha value is -0.900. The number of methoxy groups -OCH3 is 1. The molecule has 0 saturated heterocycles. The lowest BCUT2D eigenvalue weighted by Crippen LogP contribution is -1.88. The fourth-order valence-corrected chi connectivity index (χ4v) is 0.354. The molecule has 0 unspecified atom stereocenters. The lowest BCUT2D eigenvalue weighted by molar-refractivity contribution is 0.174. The Morgan fingerprint density at radius 3 is 3.25 bits per heavy atom. The molecule has 4 nitrogen and oxygen atoms in total. The molecule has 0 fully saturated rings. The Morgan fingerprint density at radius 1 is 1.88 bits per heavy atom. The van der Waals surface area contributed by atoms with Gasteiger partial charge in [-0.3, -0.25) is 0 Å². The van der Waals surface area contributed by atoms with Gasteiger partial charge in [0.05, 0.1) is 0 Å². The van der Waals surface area contributed by atoms with E-state index < -0.39 is 0 Å². The van der Waals surface area contributed by atoms with Crippen LogP contribution < -0.4 is 0 Å². The van der Waals surface area contributed by atoms with Crippen LogP contribution in [0.15, 0.2) is 4.52 Å². The van der Waals surface area contributed by atoms with Crippen LogP contribution in [-0.4, -0.2) is 17.3 Å². The number of aromatic nitrogens is 2. The van der Waals surface area contributed by atoms with Crippen molar-refractivity contribution in [1.29, 1.82) is 0 Å². The molecule has 1 rings (SSSR count). The Bertz CT molecular complexity index is 138. The Balaban J connectivity index is 2.50. The SMILES string of the molecule is COCc1n[c]on1. The van der Waals surface area contributed by atoms with Crippen molar-refractivity contribution in [2.24, 2.45) is 0 Å². The van der Waals surface area contributed by atoms with Gasteiger partial charge >= 0.3 is 6.39 Å². The molecule has 0 saturated carbocycles. The molecule has 0 aliphatic carbocycles. The van der Waals surface area contributed by atoms with E-state index in [1.807, 2.05) is 0 Å². The minimum atomic E-state index is 0.382. The van der Waals surface area contributed by atoms with Crippen LogP contribution in [0, 0.1) is 6.39 Å². The van der Waals surface area contributed by atoms with E-state index in [-0.39, 0.29) is 0 Å². The molecule has 1 radical (unpaired) electrons. The molecular formula is C4H5N2O2. The molecule has 0 bridgehead atoms. The normalized spacial score (nSPS) is 9.62. The fourth-order valence-electron chi connectivity index (χ4n) is 0.354. The third kappa shape index (κ3) is 1.04. The molecule has 0 aromatic carbocycles. The summed E-state index contributed by atoms with van der Waals surface area (Å²) in [7, 11) is 1.57. The van der Waals surface area contributed by atoms with Gasteiger partial charge in [-0.2, -0.15) is 4.98 Å². The molecule has 0 spiro atoms. The van der Waals surface area contributed by atoms with Crippen LogP contribution in [0.3, 0.4) is 0 Å². The van der Waals surface area contributed by atoms with E-state index >= 15 is 0 Å². The lowest BCUT2D eigenvalue weighted by Gasteiger charge is -1.84. The Kier molecular flexibility index (Phi) is 1.58. The molecule has 0 amide bonds.